The third-order valence-electron chi connectivity index (χ3n) is 4.05. The lowest BCUT2D eigenvalue weighted by atomic mass is 10.0. The van der Waals surface area contributed by atoms with Crippen LogP contribution in [-0.4, -0.2) is 21.1 Å². The first-order chi connectivity index (χ1) is 12.5. The first kappa shape index (κ1) is 18.4. The summed E-state index contributed by atoms with van der Waals surface area (Å²) in [4.78, 5) is 26.0. The topological polar surface area (TPSA) is 60.4 Å². The van der Waals surface area contributed by atoms with Crippen molar-refractivity contribution >= 4 is 46.3 Å². The molecule has 0 N–H and O–H groups in total. The number of amides is 1. The van der Waals surface area contributed by atoms with Crippen LogP contribution in [0.25, 0.3) is 6.08 Å². The van der Waals surface area contributed by atoms with Gasteiger partial charge in [0.15, 0.2) is 0 Å². The molecule has 0 radical (unpaired) electrons. The minimum absolute atomic E-state index is 0.282. The molecular weight excluding hydrogens is 366 g/mol. The molecule has 6 heteroatoms. The van der Waals surface area contributed by atoms with Gasteiger partial charge < -0.3 is 9.90 Å². The van der Waals surface area contributed by atoms with Crippen molar-refractivity contribution < 1.29 is 14.7 Å². The standard InChI is InChI=1S/C20H17NO3S2/c1-13-7-9-14(10-8-13)11-17-19(24)21(20(25)26-17)16(12-18(22)23)15-5-3-2-4-6-15/h2-11,16H,12H2,1H3,(H,22,23)/p-1/t16-/m1/s1. The van der Waals surface area contributed by atoms with Crippen LogP contribution in [0.3, 0.4) is 0 Å². The fraction of sp³-hybridized carbons (Fsp3) is 0.150. The third kappa shape index (κ3) is 4.03. The summed E-state index contributed by atoms with van der Waals surface area (Å²) in [6.45, 7) is 1.99. The van der Waals surface area contributed by atoms with E-state index >= 15 is 0 Å². The van der Waals surface area contributed by atoms with Gasteiger partial charge in [-0.3, -0.25) is 9.69 Å². The number of nitrogens with zero attached hydrogens (tertiary/aromatic N) is 1. The Bertz CT molecular complexity index is 876. The Kier molecular flexibility index (Phi) is 5.54. The van der Waals surface area contributed by atoms with Gasteiger partial charge in [0.05, 0.1) is 10.9 Å². The quantitative estimate of drug-likeness (QED) is 0.587. The number of thioether (sulfide) groups is 1. The van der Waals surface area contributed by atoms with Crippen LogP contribution in [0.5, 0.6) is 0 Å². The highest BCUT2D eigenvalue weighted by atomic mass is 32.2. The molecule has 3 rings (SSSR count). The number of hydrogen-bond acceptors (Lipinski definition) is 5. The maximum absolute atomic E-state index is 12.9. The van der Waals surface area contributed by atoms with Crippen molar-refractivity contribution in [1.82, 2.24) is 4.90 Å². The van der Waals surface area contributed by atoms with Crippen LogP contribution in [0.2, 0.25) is 0 Å². The third-order valence-corrected chi connectivity index (χ3v) is 5.39. The summed E-state index contributed by atoms with van der Waals surface area (Å²) in [5.74, 6) is -1.51. The Morgan fingerprint density at radius 3 is 2.46 bits per heavy atom. The van der Waals surface area contributed by atoms with Gasteiger partial charge in [-0.2, -0.15) is 0 Å². The molecule has 1 amide bonds. The van der Waals surface area contributed by atoms with E-state index in [4.69, 9.17) is 12.2 Å². The molecule has 1 aliphatic heterocycles. The Morgan fingerprint density at radius 2 is 1.85 bits per heavy atom. The highest BCUT2D eigenvalue weighted by Crippen LogP contribution is 2.39. The molecule has 0 bridgehead atoms. The number of carboxylic acids is 1. The molecule has 2 aromatic rings. The molecule has 26 heavy (non-hydrogen) atoms. The van der Waals surface area contributed by atoms with E-state index in [1.807, 2.05) is 37.3 Å². The number of thiocarbonyl (C=S) groups is 1. The summed E-state index contributed by atoms with van der Waals surface area (Å²) in [7, 11) is 0. The van der Waals surface area contributed by atoms with Crippen LogP contribution in [0.4, 0.5) is 0 Å². The molecule has 0 saturated carbocycles. The second kappa shape index (κ2) is 7.85. The van der Waals surface area contributed by atoms with Crippen LogP contribution < -0.4 is 5.11 Å². The summed E-state index contributed by atoms with van der Waals surface area (Å²) < 4.78 is 0.350. The maximum Gasteiger partial charge on any atom is 0.266 e. The second-order valence-corrected chi connectivity index (χ2v) is 7.64. The zero-order chi connectivity index (χ0) is 18.7. The van der Waals surface area contributed by atoms with E-state index in [9.17, 15) is 14.7 Å². The summed E-state index contributed by atoms with van der Waals surface area (Å²) in [6.07, 6.45) is 1.47. The number of carboxylic acid groups (broad SMARTS) is 1. The molecule has 4 nitrogen and oxygen atoms in total. The molecule has 0 spiro atoms. The van der Waals surface area contributed by atoms with Crippen LogP contribution in [0.15, 0.2) is 59.5 Å². The molecule has 132 valence electrons. The number of hydrogen-bond donors (Lipinski definition) is 0. The van der Waals surface area contributed by atoms with E-state index in [1.165, 1.54) is 16.7 Å². The van der Waals surface area contributed by atoms with Crippen molar-refractivity contribution in [3.8, 4) is 0 Å². The molecule has 1 saturated heterocycles. The maximum atomic E-state index is 12.9. The van der Waals surface area contributed by atoms with Crippen molar-refractivity contribution in [3.05, 3.63) is 76.2 Å². The van der Waals surface area contributed by atoms with Crippen molar-refractivity contribution in [3.63, 3.8) is 0 Å². The number of carbonyl (C=O) groups excluding carboxylic acids is 2. The fourth-order valence-electron chi connectivity index (χ4n) is 2.75. The van der Waals surface area contributed by atoms with E-state index in [0.29, 0.717) is 14.8 Å². The summed E-state index contributed by atoms with van der Waals surface area (Å²) >= 11 is 6.56. The van der Waals surface area contributed by atoms with Gasteiger partial charge >= 0.3 is 0 Å². The van der Waals surface area contributed by atoms with Crippen LogP contribution in [0, 0.1) is 6.92 Å². The average Bonchev–Trinajstić information content (AvgIpc) is 2.89. The lowest BCUT2D eigenvalue weighted by Gasteiger charge is -2.27. The Morgan fingerprint density at radius 1 is 1.19 bits per heavy atom. The number of rotatable bonds is 5. The van der Waals surface area contributed by atoms with Crippen molar-refractivity contribution in [2.45, 2.75) is 19.4 Å². The van der Waals surface area contributed by atoms with Crippen molar-refractivity contribution in [1.29, 1.82) is 0 Å². The van der Waals surface area contributed by atoms with Gasteiger partial charge in [0, 0.05) is 12.4 Å². The number of benzene rings is 2. The first-order valence-corrected chi connectivity index (χ1v) is 9.26. The zero-order valence-electron chi connectivity index (χ0n) is 14.0. The Labute approximate surface area is 161 Å². The van der Waals surface area contributed by atoms with Gasteiger partial charge in [-0.1, -0.05) is 84.1 Å². The molecule has 0 unspecified atom stereocenters. The highest BCUT2D eigenvalue weighted by Gasteiger charge is 2.37. The van der Waals surface area contributed by atoms with Gasteiger partial charge in [0.1, 0.15) is 4.32 Å². The van der Waals surface area contributed by atoms with Crippen LogP contribution >= 0.6 is 24.0 Å². The zero-order valence-corrected chi connectivity index (χ0v) is 15.7. The van der Waals surface area contributed by atoms with Crippen LogP contribution in [0.1, 0.15) is 29.2 Å². The van der Waals surface area contributed by atoms with E-state index in [-0.39, 0.29) is 12.3 Å². The molecule has 0 aromatic heterocycles. The van der Waals surface area contributed by atoms with Gasteiger partial charge in [-0.05, 0) is 24.1 Å². The predicted molar refractivity (Wildman–Crippen MR) is 105 cm³/mol. The first-order valence-electron chi connectivity index (χ1n) is 8.04. The molecule has 1 heterocycles. The van der Waals surface area contributed by atoms with Crippen molar-refractivity contribution in [2.24, 2.45) is 0 Å². The van der Waals surface area contributed by atoms with Gasteiger partial charge in [-0.15, -0.1) is 0 Å². The summed E-state index contributed by atoms with van der Waals surface area (Å²) in [5.41, 5.74) is 2.74. The van der Waals surface area contributed by atoms with E-state index < -0.39 is 12.0 Å². The highest BCUT2D eigenvalue weighted by molar-refractivity contribution is 8.26. The molecule has 1 atom stereocenters. The minimum Gasteiger partial charge on any atom is -0.550 e. The van der Waals surface area contributed by atoms with Crippen molar-refractivity contribution in [2.75, 3.05) is 0 Å². The van der Waals surface area contributed by atoms with Gasteiger partial charge in [-0.25, -0.2) is 0 Å². The molecule has 1 aliphatic rings. The SMILES string of the molecule is Cc1ccc(C=C2SC(=S)N([C@H](CC(=O)[O-])c3ccccc3)C2=O)cc1. The van der Waals surface area contributed by atoms with E-state index in [2.05, 4.69) is 0 Å². The molecular formula is C20H16NO3S2-. The smallest absolute Gasteiger partial charge is 0.266 e. The lowest BCUT2D eigenvalue weighted by molar-refractivity contribution is -0.306. The number of carbonyl (C=O) groups is 2. The van der Waals surface area contributed by atoms with E-state index in [1.54, 1.807) is 30.3 Å². The minimum atomic E-state index is -1.23. The van der Waals surface area contributed by atoms with Gasteiger partial charge in [0.2, 0.25) is 0 Å². The average molecular weight is 382 g/mol. The monoisotopic (exact) mass is 382 g/mol. The molecule has 2 aromatic carbocycles. The second-order valence-electron chi connectivity index (χ2n) is 5.97. The normalized spacial score (nSPS) is 17.0. The fourth-order valence-corrected chi connectivity index (χ4v) is 4.11. The van der Waals surface area contributed by atoms with Crippen LogP contribution in [-0.2, 0) is 9.59 Å². The summed E-state index contributed by atoms with van der Waals surface area (Å²) in [5, 5.41) is 11.2. The van der Waals surface area contributed by atoms with Gasteiger partial charge in [0.25, 0.3) is 5.91 Å². The number of aliphatic carboxylic acids is 1. The largest absolute Gasteiger partial charge is 0.550 e. The lowest BCUT2D eigenvalue weighted by Crippen LogP contribution is -2.37. The summed E-state index contributed by atoms with van der Waals surface area (Å²) in [6, 6.07) is 16.1. The molecule has 1 fully saturated rings. The molecule has 0 aliphatic carbocycles. The Hall–Kier alpha value is -2.44. The number of aryl methyl sites for hydroxylation is 1. The predicted octanol–water partition coefficient (Wildman–Crippen LogP) is 3.08. The Balaban J connectivity index is 1.93. The van der Waals surface area contributed by atoms with E-state index in [0.717, 1.165) is 11.1 Å².